The van der Waals surface area contributed by atoms with E-state index in [1.807, 2.05) is 11.8 Å². The Bertz CT molecular complexity index is 436. The third-order valence-electron chi connectivity index (χ3n) is 3.06. The van der Waals surface area contributed by atoms with Crippen LogP contribution in [0.1, 0.15) is 32.1 Å². The minimum atomic E-state index is -3.26. The van der Waals surface area contributed by atoms with Gasteiger partial charge in [-0.05, 0) is 24.3 Å². The molecule has 1 N–H and O–H groups in total. The Morgan fingerprint density at radius 2 is 2.11 bits per heavy atom. The Kier molecular flexibility index (Phi) is 5.54. The molecule has 0 spiro atoms. The first-order chi connectivity index (χ1) is 8.68. The van der Waals surface area contributed by atoms with Crippen LogP contribution in [0.15, 0.2) is 21.7 Å². The van der Waals surface area contributed by atoms with E-state index in [1.165, 1.54) is 43.4 Å². The summed E-state index contributed by atoms with van der Waals surface area (Å²) in [5.74, 6) is 0.870. The molecule has 6 heteroatoms. The zero-order valence-corrected chi connectivity index (χ0v) is 12.7. The van der Waals surface area contributed by atoms with Crippen molar-refractivity contribution < 1.29 is 8.42 Å². The second kappa shape index (κ2) is 6.93. The third kappa shape index (κ3) is 4.26. The molecule has 0 aliphatic heterocycles. The van der Waals surface area contributed by atoms with E-state index >= 15 is 0 Å². The lowest BCUT2D eigenvalue weighted by atomic mass is 10.0. The summed E-state index contributed by atoms with van der Waals surface area (Å²) in [6.45, 7) is 0.529. The molecular formula is C12H19NO2S3. The first-order valence-electron chi connectivity index (χ1n) is 6.33. The molecule has 0 amide bonds. The Hall–Kier alpha value is -0.0400. The normalized spacial score (nSPS) is 18.0. The minimum absolute atomic E-state index is 0.408. The molecule has 1 aliphatic rings. The van der Waals surface area contributed by atoms with E-state index in [9.17, 15) is 8.42 Å². The maximum atomic E-state index is 11.8. The van der Waals surface area contributed by atoms with Gasteiger partial charge in [-0.2, -0.15) is 11.8 Å². The van der Waals surface area contributed by atoms with E-state index in [4.69, 9.17) is 0 Å². The molecule has 0 aromatic carbocycles. The van der Waals surface area contributed by atoms with Crippen LogP contribution in [0.2, 0.25) is 0 Å². The highest BCUT2D eigenvalue weighted by Crippen LogP contribution is 2.27. The summed E-state index contributed by atoms with van der Waals surface area (Å²) in [5.41, 5.74) is 0. The van der Waals surface area contributed by atoms with Crippen molar-refractivity contribution in [1.29, 1.82) is 0 Å². The highest BCUT2D eigenvalue weighted by molar-refractivity contribution is 8.00. The average molecular weight is 305 g/mol. The van der Waals surface area contributed by atoms with Gasteiger partial charge in [-0.15, -0.1) is 11.3 Å². The highest BCUT2D eigenvalue weighted by Gasteiger charge is 2.16. The topological polar surface area (TPSA) is 46.2 Å². The van der Waals surface area contributed by atoms with Gasteiger partial charge < -0.3 is 0 Å². The monoisotopic (exact) mass is 305 g/mol. The van der Waals surface area contributed by atoms with Crippen LogP contribution in [0, 0.1) is 0 Å². The third-order valence-corrected chi connectivity index (χ3v) is 7.30. The molecule has 2 rings (SSSR count). The Labute approximate surface area is 117 Å². The van der Waals surface area contributed by atoms with E-state index in [0.717, 1.165) is 11.0 Å². The van der Waals surface area contributed by atoms with Gasteiger partial charge in [0.25, 0.3) is 0 Å². The van der Waals surface area contributed by atoms with Gasteiger partial charge >= 0.3 is 0 Å². The SMILES string of the molecule is O=S(=O)(NCCSC1CCCCC1)c1cccs1. The molecule has 0 atom stereocenters. The predicted molar refractivity (Wildman–Crippen MR) is 78.8 cm³/mol. The number of nitrogens with one attached hydrogen (secondary N) is 1. The van der Waals surface area contributed by atoms with Crippen molar-refractivity contribution >= 4 is 33.1 Å². The second-order valence-electron chi connectivity index (χ2n) is 4.46. The van der Waals surface area contributed by atoms with Gasteiger partial charge in [0.05, 0.1) is 0 Å². The van der Waals surface area contributed by atoms with E-state index in [1.54, 1.807) is 17.5 Å². The van der Waals surface area contributed by atoms with Crippen molar-refractivity contribution in [3.05, 3.63) is 17.5 Å². The summed E-state index contributed by atoms with van der Waals surface area (Å²) in [6, 6.07) is 3.40. The molecular weight excluding hydrogens is 286 g/mol. The second-order valence-corrected chi connectivity index (χ2v) is 8.81. The van der Waals surface area contributed by atoms with Crippen LogP contribution in [0.4, 0.5) is 0 Å². The van der Waals surface area contributed by atoms with Crippen molar-refractivity contribution in [2.24, 2.45) is 0 Å². The quantitative estimate of drug-likeness (QED) is 0.822. The molecule has 3 nitrogen and oxygen atoms in total. The van der Waals surface area contributed by atoms with Crippen LogP contribution in [0.5, 0.6) is 0 Å². The number of hydrogen-bond acceptors (Lipinski definition) is 4. The largest absolute Gasteiger partial charge is 0.250 e. The summed E-state index contributed by atoms with van der Waals surface area (Å²) in [5, 5.41) is 2.52. The van der Waals surface area contributed by atoms with Crippen molar-refractivity contribution in [1.82, 2.24) is 4.72 Å². The van der Waals surface area contributed by atoms with Crippen molar-refractivity contribution in [2.45, 2.75) is 41.6 Å². The summed E-state index contributed by atoms with van der Waals surface area (Å²) >= 11 is 3.17. The molecule has 1 heterocycles. The average Bonchev–Trinajstić information content (AvgIpc) is 2.91. The van der Waals surface area contributed by atoms with E-state index in [-0.39, 0.29) is 0 Å². The van der Waals surface area contributed by atoms with E-state index in [0.29, 0.717) is 10.8 Å². The zero-order chi connectivity index (χ0) is 12.8. The molecule has 1 aromatic rings. The molecule has 0 saturated heterocycles. The van der Waals surface area contributed by atoms with Gasteiger partial charge in [-0.25, -0.2) is 13.1 Å². The van der Waals surface area contributed by atoms with Crippen LogP contribution >= 0.6 is 23.1 Å². The summed E-state index contributed by atoms with van der Waals surface area (Å²) < 4.78 is 26.7. The molecule has 1 aromatic heterocycles. The Morgan fingerprint density at radius 1 is 1.33 bits per heavy atom. The van der Waals surface area contributed by atoms with Crippen LogP contribution in [-0.4, -0.2) is 26.0 Å². The van der Waals surface area contributed by atoms with Crippen LogP contribution < -0.4 is 4.72 Å². The minimum Gasteiger partial charge on any atom is -0.210 e. The predicted octanol–water partition coefficient (Wildman–Crippen LogP) is 3.09. The van der Waals surface area contributed by atoms with E-state index < -0.39 is 10.0 Å². The van der Waals surface area contributed by atoms with Crippen LogP contribution in [0.3, 0.4) is 0 Å². The fourth-order valence-corrected chi connectivity index (χ4v) is 5.54. The molecule has 0 bridgehead atoms. The van der Waals surface area contributed by atoms with Crippen LogP contribution in [-0.2, 0) is 10.0 Å². The Balaban J connectivity index is 1.69. The number of hydrogen-bond donors (Lipinski definition) is 1. The number of sulfonamides is 1. The first-order valence-corrected chi connectivity index (χ1v) is 9.74. The molecule has 102 valence electrons. The Morgan fingerprint density at radius 3 is 2.78 bits per heavy atom. The maximum absolute atomic E-state index is 11.8. The highest BCUT2D eigenvalue weighted by atomic mass is 32.2. The molecule has 18 heavy (non-hydrogen) atoms. The van der Waals surface area contributed by atoms with Gasteiger partial charge in [-0.3, -0.25) is 0 Å². The molecule has 1 aliphatic carbocycles. The van der Waals surface area contributed by atoms with Crippen molar-refractivity contribution in [3.63, 3.8) is 0 Å². The zero-order valence-electron chi connectivity index (χ0n) is 10.3. The van der Waals surface area contributed by atoms with Crippen molar-refractivity contribution in [2.75, 3.05) is 12.3 Å². The lowest BCUT2D eigenvalue weighted by Crippen LogP contribution is -2.26. The number of thiophene rings is 1. The lowest BCUT2D eigenvalue weighted by molar-refractivity contribution is 0.516. The summed E-state index contributed by atoms with van der Waals surface area (Å²) in [4.78, 5) is 0. The van der Waals surface area contributed by atoms with Gasteiger partial charge in [0.1, 0.15) is 4.21 Å². The van der Waals surface area contributed by atoms with Crippen LogP contribution in [0.25, 0.3) is 0 Å². The first kappa shape index (κ1) is 14.4. The molecule has 0 unspecified atom stereocenters. The number of thioether (sulfide) groups is 1. The fourth-order valence-electron chi connectivity index (χ4n) is 2.12. The smallest absolute Gasteiger partial charge is 0.210 e. The lowest BCUT2D eigenvalue weighted by Gasteiger charge is -2.20. The van der Waals surface area contributed by atoms with Gasteiger partial charge in [-0.1, -0.05) is 25.3 Å². The summed E-state index contributed by atoms with van der Waals surface area (Å²) in [6.07, 6.45) is 6.62. The van der Waals surface area contributed by atoms with Gasteiger partial charge in [0, 0.05) is 17.5 Å². The summed E-state index contributed by atoms with van der Waals surface area (Å²) in [7, 11) is -3.26. The van der Waals surface area contributed by atoms with Gasteiger partial charge in [0.2, 0.25) is 10.0 Å². The van der Waals surface area contributed by atoms with Gasteiger partial charge in [0.15, 0.2) is 0 Å². The number of rotatable bonds is 6. The standard InChI is InChI=1S/C12H19NO2S3/c14-18(15,12-7-4-9-17-12)13-8-10-16-11-5-2-1-3-6-11/h4,7,9,11,13H,1-3,5-6,8,10H2. The molecule has 0 radical (unpaired) electrons. The maximum Gasteiger partial charge on any atom is 0.250 e. The van der Waals surface area contributed by atoms with E-state index in [2.05, 4.69) is 4.72 Å². The molecule has 1 fully saturated rings. The fraction of sp³-hybridized carbons (Fsp3) is 0.667. The molecule has 1 saturated carbocycles. The van der Waals surface area contributed by atoms with Crippen molar-refractivity contribution in [3.8, 4) is 0 Å².